The lowest BCUT2D eigenvalue weighted by Gasteiger charge is -2.36. The number of nitrogens with zero attached hydrogens (tertiary/aromatic N) is 3. The van der Waals surface area contributed by atoms with E-state index in [0.29, 0.717) is 16.6 Å². The van der Waals surface area contributed by atoms with E-state index in [2.05, 4.69) is 24.0 Å². The van der Waals surface area contributed by atoms with E-state index in [0.717, 1.165) is 25.9 Å². The van der Waals surface area contributed by atoms with Crippen molar-refractivity contribution in [2.75, 3.05) is 27.2 Å². The van der Waals surface area contributed by atoms with Gasteiger partial charge in [0.1, 0.15) is 0 Å². The Balaban J connectivity index is 2.12. The normalized spacial score (nSPS) is 20.2. The van der Waals surface area contributed by atoms with Crippen LogP contribution in [0.1, 0.15) is 23.2 Å². The van der Waals surface area contributed by atoms with E-state index in [1.54, 1.807) is 18.5 Å². The van der Waals surface area contributed by atoms with Crippen LogP contribution in [0, 0.1) is 0 Å². The van der Waals surface area contributed by atoms with Crippen LogP contribution in [0.25, 0.3) is 0 Å². The van der Waals surface area contributed by atoms with Crippen LogP contribution in [-0.4, -0.2) is 53.9 Å². The molecule has 1 aromatic rings. The molecule has 1 aromatic heterocycles. The van der Waals surface area contributed by atoms with Crippen LogP contribution in [0.15, 0.2) is 18.5 Å². The minimum atomic E-state index is -0.0142. The summed E-state index contributed by atoms with van der Waals surface area (Å²) in [7, 11) is 4.10. The first-order valence-electron chi connectivity index (χ1n) is 6.15. The van der Waals surface area contributed by atoms with Gasteiger partial charge >= 0.3 is 0 Å². The lowest BCUT2D eigenvalue weighted by atomic mass is 10.0. The minimum absolute atomic E-state index is 0.0142. The summed E-state index contributed by atoms with van der Waals surface area (Å²) in [5, 5.41) is 0.474. The highest BCUT2D eigenvalue weighted by Gasteiger charge is 2.26. The van der Waals surface area contributed by atoms with Crippen LogP contribution in [0.2, 0.25) is 5.02 Å². The highest BCUT2D eigenvalue weighted by atomic mass is 35.5. The first-order valence-corrected chi connectivity index (χ1v) is 6.52. The molecule has 0 bridgehead atoms. The molecule has 1 unspecified atom stereocenters. The Morgan fingerprint density at radius 1 is 1.56 bits per heavy atom. The van der Waals surface area contributed by atoms with E-state index in [4.69, 9.17) is 11.6 Å². The SMILES string of the molecule is CN(C)C1CCCN(C(=O)c2cnccc2Cl)C1. The number of rotatable bonds is 2. The second-order valence-corrected chi connectivity index (χ2v) is 5.27. The van der Waals surface area contributed by atoms with Crippen LogP contribution in [-0.2, 0) is 0 Å². The van der Waals surface area contributed by atoms with E-state index < -0.39 is 0 Å². The monoisotopic (exact) mass is 267 g/mol. The van der Waals surface area contributed by atoms with Crippen LogP contribution in [0.5, 0.6) is 0 Å². The maximum atomic E-state index is 12.4. The summed E-state index contributed by atoms with van der Waals surface area (Å²) in [6.07, 6.45) is 5.31. The van der Waals surface area contributed by atoms with Gasteiger partial charge in [0.05, 0.1) is 10.6 Å². The molecule has 2 rings (SSSR count). The first kappa shape index (κ1) is 13.3. The van der Waals surface area contributed by atoms with Gasteiger partial charge in [-0.2, -0.15) is 0 Å². The fourth-order valence-electron chi connectivity index (χ4n) is 2.27. The van der Waals surface area contributed by atoms with Crippen LogP contribution in [0.3, 0.4) is 0 Å². The second kappa shape index (κ2) is 5.67. The lowest BCUT2D eigenvalue weighted by Crippen LogP contribution is -2.47. The largest absolute Gasteiger partial charge is 0.337 e. The maximum absolute atomic E-state index is 12.4. The number of hydrogen-bond acceptors (Lipinski definition) is 3. The van der Waals surface area contributed by atoms with Crippen molar-refractivity contribution in [2.45, 2.75) is 18.9 Å². The average Bonchev–Trinajstić information content (AvgIpc) is 2.38. The zero-order valence-corrected chi connectivity index (χ0v) is 11.5. The maximum Gasteiger partial charge on any atom is 0.256 e. The molecule has 0 N–H and O–H groups in total. The number of halogens is 1. The van der Waals surface area contributed by atoms with Gasteiger partial charge in [-0.1, -0.05) is 11.6 Å². The predicted molar refractivity (Wildman–Crippen MR) is 71.9 cm³/mol. The molecule has 1 aliphatic heterocycles. The number of likely N-dealkylation sites (N-methyl/N-ethyl adjacent to an activating group) is 1. The molecule has 2 heterocycles. The van der Waals surface area contributed by atoms with E-state index >= 15 is 0 Å². The number of hydrogen-bond donors (Lipinski definition) is 0. The Morgan fingerprint density at radius 3 is 3.00 bits per heavy atom. The summed E-state index contributed by atoms with van der Waals surface area (Å²) < 4.78 is 0. The standard InChI is InChI=1S/C13H18ClN3O/c1-16(2)10-4-3-7-17(9-10)13(18)11-8-15-6-5-12(11)14/h5-6,8,10H,3-4,7,9H2,1-2H3. The van der Waals surface area contributed by atoms with Crippen molar-refractivity contribution < 1.29 is 4.79 Å². The molecular weight excluding hydrogens is 250 g/mol. The van der Waals surface area contributed by atoms with E-state index in [-0.39, 0.29) is 5.91 Å². The Hall–Kier alpha value is -1.13. The van der Waals surface area contributed by atoms with Crippen molar-refractivity contribution in [1.82, 2.24) is 14.8 Å². The number of amides is 1. The fraction of sp³-hybridized carbons (Fsp3) is 0.538. The van der Waals surface area contributed by atoms with Crippen molar-refractivity contribution in [3.05, 3.63) is 29.0 Å². The molecule has 0 aromatic carbocycles. The fourth-order valence-corrected chi connectivity index (χ4v) is 2.45. The lowest BCUT2D eigenvalue weighted by molar-refractivity contribution is 0.0635. The smallest absolute Gasteiger partial charge is 0.256 e. The number of aromatic nitrogens is 1. The van der Waals surface area contributed by atoms with Crippen molar-refractivity contribution in [1.29, 1.82) is 0 Å². The van der Waals surface area contributed by atoms with Crippen molar-refractivity contribution in [3.63, 3.8) is 0 Å². The zero-order chi connectivity index (χ0) is 13.1. The van der Waals surface area contributed by atoms with Crippen LogP contribution in [0.4, 0.5) is 0 Å². The molecule has 0 spiro atoms. The molecule has 1 atom stereocenters. The molecule has 0 aliphatic carbocycles. The van der Waals surface area contributed by atoms with Gasteiger partial charge in [0.25, 0.3) is 5.91 Å². The second-order valence-electron chi connectivity index (χ2n) is 4.87. The summed E-state index contributed by atoms with van der Waals surface area (Å²) in [6.45, 7) is 1.56. The molecule has 1 fully saturated rings. The Bertz CT molecular complexity index is 436. The summed E-state index contributed by atoms with van der Waals surface area (Å²) >= 11 is 6.04. The predicted octanol–water partition coefficient (Wildman–Crippen LogP) is 1.90. The van der Waals surface area contributed by atoms with Crippen LogP contribution >= 0.6 is 11.6 Å². The van der Waals surface area contributed by atoms with E-state index in [9.17, 15) is 4.79 Å². The Morgan fingerprint density at radius 2 is 2.33 bits per heavy atom. The van der Waals surface area contributed by atoms with Crippen molar-refractivity contribution in [3.8, 4) is 0 Å². The molecule has 5 heteroatoms. The summed E-state index contributed by atoms with van der Waals surface area (Å²) in [6, 6.07) is 2.08. The van der Waals surface area contributed by atoms with E-state index in [1.807, 2.05) is 4.90 Å². The summed E-state index contributed by atoms with van der Waals surface area (Å²) in [4.78, 5) is 20.4. The molecule has 1 amide bonds. The third kappa shape index (κ3) is 2.82. The van der Waals surface area contributed by atoms with Gasteiger partial charge in [-0.3, -0.25) is 9.78 Å². The molecular formula is C13H18ClN3O. The molecule has 1 aliphatic rings. The topological polar surface area (TPSA) is 36.4 Å². The molecule has 0 radical (unpaired) electrons. The number of carbonyl (C=O) groups is 1. The van der Waals surface area contributed by atoms with Crippen molar-refractivity contribution in [2.24, 2.45) is 0 Å². The minimum Gasteiger partial charge on any atom is -0.337 e. The highest BCUT2D eigenvalue weighted by Crippen LogP contribution is 2.20. The summed E-state index contributed by atoms with van der Waals surface area (Å²) in [5.74, 6) is -0.0142. The van der Waals surface area contributed by atoms with E-state index in [1.165, 1.54) is 0 Å². The van der Waals surface area contributed by atoms with Gasteiger partial charge in [-0.15, -0.1) is 0 Å². The van der Waals surface area contributed by atoms with Gasteiger partial charge in [-0.25, -0.2) is 0 Å². The van der Waals surface area contributed by atoms with Gasteiger partial charge in [-0.05, 0) is 33.0 Å². The number of carbonyl (C=O) groups excluding carboxylic acids is 1. The summed E-state index contributed by atoms with van der Waals surface area (Å²) in [5.41, 5.74) is 0.499. The highest BCUT2D eigenvalue weighted by molar-refractivity contribution is 6.33. The quantitative estimate of drug-likeness (QED) is 0.821. The van der Waals surface area contributed by atoms with Gasteiger partial charge in [0.2, 0.25) is 0 Å². The van der Waals surface area contributed by atoms with Gasteiger partial charge in [0.15, 0.2) is 0 Å². The molecule has 1 saturated heterocycles. The Kier molecular flexibility index (Phi) is 4.19. The number of piperidine rings is 1. The molecule has 18 heavy (non-hydrogen) atoms. The molecule has 4 nitrogen and oxygen atoms in total. The molecule has 98 valence electrons. The van der Waals surface area contributed by atoms with Crippen molar-refractivity contribution >= 4 is 17.5 Å². The zero-order valence-electron chi connectivity index (χ0n) is 10.8. The van der Waals surface area contributed by atoms with Gasteiger partial charge < -0.3 is 9.80 Å². The third-order valence-electron chi connectivity index (χ3n) is 3.41. The van der Waals surface area contributed by atoms with Gasteiger partial charge in [0, 0.05) is 31.5 Å². The average molecular weight is 268 g/mol. The Labute approximate surface area is 113 Å². The number of likely N-dealkylation sites (tertiary alicyclic amines) is 1. The molecule has 0 saturated carbocycles. The van der Waals surface area contributed by atoms with Crippen LogP contribution < -0.4 is 0 Å². The third-order valence-corrected chi connectivity index (χ3v) is 3.74. The number of pyridine rings is 1. The first-order chi connectivity index (χ1) is 8.59.